The van der Waals surface area contributed by atoms with Crippen molar-refractivity contribution in [2.75, 3.05) is 6.61 Å². The van der Waals surface area contributed by atoms with Crippen molar-refractivity contribution in [2.24, 2.45) is 7.05 Å². The molecule has 1 aromatic carbocycles. The Labute approximate surface area is 121 Å². The molecule has 5 heteroatoms. The van der Waals surface area contributed by atoms with Gasteiger partial charge in [0.1, 0.15) is 5.75 Å². The monoisotopic (exact) mass is 324 g/mol. The zero-order valence-corrected chi connectivity index (χ0v) is 12.6. The van der Waals surface area contributed by atoms with Gasteiger partial charge < -0.3 is 9.84 Å². The summed E-state index contributed by atoms with van der Waals surface area (Å²) < 4.78 is 8.53. The smallest absolute Gasteiger partial charge is 0.125 e. The number of nitrogens with zero attached hydrogens (tertiary/aromatic N) is 2. The van der Waals surface area contributed by atoms with E-state index >= 15 is 0 Å². The molecule has 0 aliphatic heterocycles. The van der Waals surface area contributed by atoms with E-state index in [-0.39, 0.29) is 0 Å². The first-order valence-corrected chi connectivity index (χ1v) is 6.94. The maximum atomic E-state index is 9.74. The van der Waals surface area contributed by atoms with E-state index in [4.69, 9.17) is 4.74 Å². The number of aryl methyl sites for hydroxylation is 1. The molecular formula is C14H17BrN2O2. The molecule has 0 fully saturated rings. The van der Waals surface area contributed by atoms with E-state index < -0.39 is 6.10 Å². The second-order valence-corrected chi connectivity index (χ2v) is 5.32. The quantitative estimate of drug-likeness (QED) is 0.919. The van der Waals surface area contributed by atoms with Crippen molar-refractivity contribution in [3.8, 4) is 5.75 Å². The van der Waals surface area contributed by atoms with Crippen LogP contribution in [0.5, 0.6) is 5.75 Å². The van der Waals surface area contributed by atoms with Gasteiger partial charge in [-0.2, -0.15) is 5.10 Å². The number of halogens is 1. The summed E-state index contributed by atoms with van der Waals surface area (Å²) in [5, 5.41) is 13.9. The molecule has 1 atom stereocenters. The summed E-state index contributed by atoms with van der Waals surface area (Å²) in [5.41, 5.74) is 1.91. The van der Waals surface area contributed by atoms with Crippen molar-refractivity contribution in [3.05, 3.63) is 46.2 Å². The van der Waals surface area contributed by atoms with Gasteiger partial charge in [-0.05, 0) is 31.2 Å². The number of rotatable bonds is 5. The number of benzene rings is 1. The summed E-state index contributed by atoms with van der Waals surface area (Å²) in [5.74, 6) is 0.723. The number of aromatic nitrogens is 2. The summed E-state index contributed by atoms with van der Waals surface area (Å²) in [6.45, 7) is 2.29. The summed E-state index contributed by atoms with van der Waals surface area (Å²) in [7, 11) is 1.91. The second kappa shape index (κ2) is 6.21. The Morgan fingerprint density at radius 3 is 2.84 bits per heavy atom. The van der Waals surface area contributed by atoms with Crippen LogP contribution >= 0.6 is 15.9 Å². The highest BCUT2D eigenvalue weighted by Gasteiger charge is 2.10. The fourth-order valence-corrected chi connectivity index (χ4v) is 2.27. The Balaban J connectivity index is 2.01. The summed E-state index contributed by atoms with van der Waals surface area (Å²) in [6, 6.07) is 7.63. The third kappa shape index (κ3) is 3.58. The van der Waals surface area contributed by atoms with Gasteiger partial charge in [-0.3, -0.25) is 4.68 Å². The van der Waals surface area contributed by atoms with Crippen LogP contribution in [0, 0.1) is 0 Å². The topological polar surface area (TPSA) is 47.3 Å². The first-order valence-electron chi connectivity index (χ1n) is 6.15. The Bertz CT molecular complexity index is 552. The van der Waals surface area contributed by atoms with Gasteiger partial charge in [0.05, 0.1) is 12.7 Å². The number of ether oxygens (including phenoxy) is 1. The van der Waals surface area contributed by atoms with E-state index in [1.165, 1.54) is 0 Å². The molecular weight excluding hydrogens is 308 g/mol. The lowest BCUT2D eigenvalue weighted by Crippen LogP contribution is -2.07. The fourth-order valence-electron chi connectivity index (χ4n) is 1.89. The van der Waals surface area contributed by atoms with Crippen LogP contribution in [-0.2, 0) is 13.5 Å². The highest BCUT2D eigenvalue weighted by atomic mass is 79.9. The van der Waals surface area contributed by atoms with Crippen LogP contribution in [-0.4, -0.2) is 21.5 Å². The van der Waals surface area contributed by atoms with Crippen LogP contribution in [0.4, 0.5) is 0 Å². The lowest BCUT2D eigenvalue weighted by atomic mass is 10.1. The molecule has 0 spiro atoms. The molecule has 2 aromatic rings. The van der Waals surface area contributed by atoms with Gasteiger partial charge in [0.2, 0.25) is 0 Å². The van der Waals surface area contributed by atoms with Crippen molar-refractivity contribution in [1.29, 1.82) is 0 Å². The molecule has 0 saturated heterocycles. The third-order valence-electron chi connectivity index (χ3n) is 2.96. The van der Waals surface area contributed by atoms with Crippen molar-refractivity contribution < 1.29 is 9.84 Å². The van der Waals surface area contributed by atoms with Gasteiger partial charge in [-0.15, -0.1) is 0 Å². The Kier molecular flexibility index (Phi) is 4.61. The minimum Gasteiger partial charge on any atom is -0.493 e. The normalized spacial score (nSPS) is 12.4. The first kappa shape index (κ1) is 14.1. The Morgan fingerprint density at radius 1 is 1.42 bits per heavy atom. The molecule has 0 saturated carbocycles. The maximum Gasteiger partial charge on any atom is 0.125 e. The van der Waals surface area contributed by atoms with Crippen LogP contribution in [0.1, 0.15) is 24.3 Å². The van der Waals surface area contributed by atoms with Crippen LogP contribution in [0.2, 0.25) is 0 Å². The Morgan fingerprint density at radius 2 is 2.21 bits per heavy atom. The van der Waals surface area contributed by atoms with Crippen molar-refractivity contribution in [2.45, 2.75) is 19.4 Å². The van der Waals surface area contributed by atoms with E-state index in [0.717, 1.165) is 27.9 Å². The van der Waals surface area contributed by atoms with E-state index in [0.29, 0.717) is 6.61 Å². The number of aliphatic hydroxyl groups excluding tert-OH is 1. The molecule has 2 rings (SSSR count). The SMILES string of the molecule is C[C@@H](O)c1cc(Br)ccc1OCCc1ccnn1C. The van der Waals surface area contributed by atoms with E-state index in [1.54, 1.807) is 13.1 Å². The molecule has 0 unspecified atom stereocenters. The van der Waals surface area contributed by atoms with Crippen LogP contribution < -0.4 is 4.74 Å². The van der Waals surface area contributed by atoms with Crippen LogP contribution in [0.3, 0.4) is 0 Å². The predicted molar refractivity (Wildman–Crippen MR) is 77.2 cm³/mol. The van der Waals surface area contributed by atoms with Crippen molar-refractivity contribution in [3.63, 3.8) is 0 Å². The van der Waals surface area contributed by atoms with Crippen LogP contribution in [0.15, 0.2) is 34.9 Å². The van der Waals surface area contributed by atoms with Gasteiger partial charge in [-0.1, -0.05) is 15.9 Å². The molecule has 1 heterocycles. The number of aliphatic hydroxyl groups is 1. The van der Waals surface area contributed by atoms with Crippen LogP contribution in [0.25, 0.3) is 0 Å². The van der Waals surface area contributed by atoms with Gasteiger partial charge in [-0.25, -0.2) is 0 Å². The molecule has 1 N–H and O–H groups in total. The maximum absolute atomic E-state index is 9.74. The van der Waals surface area contributed by atoms with E-state index in [9.17, 15) is 5.11 Å². The molecule has 1 aromatic heterocycles. The highest BCUT2D eigenvalue weighted by Crippen LogP contribution is 2.28. The van der Waals surface area contributed by atoms with E-state index in [2.05, 4.69) is 21.0 Å². The van der Waals surface area contributed by atoms with E-state index in [1.807, 2.05) is 36.0 Å². The summed E-state index contributed by atoms with van der Waals surface area (Å²) in [6.07, 6.45) is 2.01. The van der Waals surface area contributed by atoms with Gasteiger partial charge in [0, 0.05) is 35.4 Å². The first-order chi connectivity index (χ1) is 9.08. The largest absolute Gasteiger partial charge is 0.493 e. The standard InChI is InChI=1S/C14H17BrN2O2/c1-10(18)13-9-11(15)3-4-14(13)19-8-6-12-5-7-16-17(12)2/h3-5,7,9-10,18H,6,8H2,1-2H3/t10-/m1/s1. The molecule has 0 amide bonds. The molecule has 102 valence electrons. The second-order valence-electron chi connectivity index (χ2n) is 4.40. The highest BCUT2D eigenvalue weighted by molar-refractivity contribution is 9.10. The Hall–Kier alpha value is -1.33. The average molecular weight is 325 g/mol. The van der Waals surface area contributed by atoms with Crippen molar-refractivity contribution in [1.82, 2.24) is 9.78 Å². The molecule has 0 aliphatic carbocycles. The molecule has 0 bridgehead atoms. The molecule has 0 aliphatic rings. The predicted octanol–water partition coefficient (Wildman–Crippen LogP) is 2.86. The van der Waals surface area contributed by atoms with Gasteiger partial charge in [0.15, 0.2) is 0 Å². The summed E-state index contributed by atoms with van der Waals surface area (Å²) in [4.78, 5) is 0. The minimum absolute atomic E-state index is 0.552. The fraction of sp³-hybridized carbons (Fsp3) is 0.357. The zero-order valence-electron chi connectivity index (χ0n) is 11.0. The van der Waals surface area contributed by atoms with Crippen molar-refractivity contribution >= 4 is 15.9 Å². The third-order valence-corrected chi connectivity index (χ3v) is 3.45. The zero-order chi connectivity index (χ0) is 13.8. The molecule has 4 nitrogen and oxygen atoms in total. The number of hydrogen-bond donors (Lipinski definition) is 1. The van der Waals surface area contributed by atoms with Gasteiger partial charge >= 0.3 is 0 Å². The minimum atomic E-state index is -0.552. The number of hydrogen-bond acceptors (Lipinski definition) is 3. The molecule has 19 heavy (non-hydrogen) atoms. The summed E-state index contributed by atoms with van der Waals surface area (Å²) >= 11 is 3.40. The lowest BCUT2D eigenvalue weighted by Gasteiger charge is -2.14. The molecule has 0 radical (unpaired) electrons. The lowest BCUT2D eigenvalue weighted by molar-refractivity contribution is 0.191. The average Bonchev–Trinajstić information content (AvgIpc) is 2.77. The van der Waals surface area contributed by atoms with Gasteiger partial charge in [0.25, 0.3) is 0 Å².